The number of benzene rings is 1. The molecule has 1 saturated heterocycles. The molecule has 1 saturated carbocycles. The van der Waals surface area contributed by atoms with Crippen LogP contribution in [0.5, 0.6) is 0 Å². The lowest BCUT2D eigenvalue weighted by Gasteiger charge is -2.32. The van der Waals surface area contributed by atoms with Gasteiger partial charge in [-0.3, -0.25) is 29.1 Å². The van der Waals surface area contributed by atoms with Gasteiger partial charge < -0.3 is 36.8 Å². The third-order valence-electron chi connectivity index (χ3n) is 10.1. The van der Waals surface area contributed by atoms with Crippen molar-refractivity contribution in [3.05, 3.63) is 41.9 Å². The van der Waals surface area contributed by atoms with Gasteiger partial charge in [0.25, 0.3) is 11.8 Å². The summed E-state index contributed by atoms with van der Waals surface area (Å²) in [6.07, 6.45) is 7.58. The highest BCUT2D eigenvalue weighted by molar-refractivity contribution is 6.37. The Balaban J connectivity index is 1.44. The summed E-state index contributed by atoms with van der Waals surface area (Å²) in [7, 11) is 0. The lowest BCUT2D eigenvalue weighted by molar-refractivity contribution is -0.142. The first-order valence-electron chi connectivity index (χ1n) is 18.0. The molecule has 0 radical (unpaired) electrons. The van der Waals surface area contributed by atoms with Crippen LogP contribution in [0, 0.1) is 5.92 Å². The lowest BCUT2D eigenvalue weighted by atomic mass is 9.84. The largest absolute Gasteiger partial charge is 0.465 e. The molecule has 5 rings (SSSR count). The van der Waals surface area contributed by atoms with Crippen molar-refractivity contribution in [2.45, 2.75) is 108 Å². The van der Waals surface area contributed by atoms with Gasteiger partial charge in [-0.2, -0.15) is 5.10 Å². The second-order valence-corrected chi connectivity index (χ2v) is 14.4. The van der Waals surface area contributed by atoms with E-state index < -0.39 is 65.3 Å². The summed E-state index contributed by atoms with van der Waals surface area (Å²) in [6, 6.07) is 1.01. The number of Topliss-reactive ketones (excluding diaryl/α,β-unsaturated/α-hetero) is 1. The molecule has 1 aliphatic heterocycles. The van der Waals surface area contributed by atoms with E-state index in [1.807, 2.05) is 6.07 Å². The Labute approximate surface area is 305 Å². The first-order valence-corrected chi connectivity index (χ1v) is 18.0. The number of likely N-dealkylation sites (tertiary alicyclic amines) is 1. The van der Waals surface area contributed by atoms with Crippen molar-refractivity contribution < 1.29 is 39.0 Å². The second-order valence-electron chi connectivity index (χ2n) is 14.4. The molecule has 286 valence electrons. The number of aliphatic hydroxyl groups is 1. The van der Waals surface area contributed by atoms with Gasteiger partial charge in [-0.15, -0.1) is 5.10 Å². The van der Waals surface area contributed by atoms with Crippen molar-refractivity contribution in [2.75, 3.05) is 13.1 Å². The second kappa shape index (κ2) is 17.0. The highest BCUT2D eigenvalue weighted by Crippen LogP contribution is 2.34. The van der Waals surface area contributed by atoms with E-state index in [1.165, 1.54) is 15.8 Å². The molecular formula is C35H48N10O8. The van der Waals surface area contributed by atoms with Crippen molar-refractivity contribution in [2.24, 2.45) is 11.7 Å². The number of primary amides is 1. The molecule has 8 N–H and O–H groups in total. The first kappa shape index (κ1) is 38.8. The van der Waals surface area contributed by atoms with Gasteiger partial charge in [0, 0.05) is 24.9 Å². The number of aromatic nitrogens is 5. The molecule has 18 nitrogen and oxygen atoms in total. The number of H-pyrrole nitrogens is 1. The number of nitrogens with one attached hydrogen (secondary N) is 4. The lowest BCUT2D eigenvalue weighted by Crippen LogP contribution is -2.56. The minimum absolute atomic E-state index is 0.00958. The van der Waals surface area contributed by atoms with E-state index in [4.69, 9.17) is 10.8 Å². The molecule has 18 heteroatoms. The summed E-state index contributed by atoms with van der Waals surface area (Å²) in [5.74, 6) is -3.86. The molecule has 0 bridgehead atoms. The molecular weight excluding hydrogens is 688 g/mol. The van der Waals surface area contributed by atoms with Gasteiger partial charge in [0.2, 0.25) is 17.6 Å². The number of nitrogens with zero attached hydrogens (tertiary/aromatic N) is 5. The number of fused-ring (bicyclic) bond motifs is 1. The number of rotatable bonds is 16. The van der Waals surface area contributed by atoms with Crippen molar-refractivity contribution in [3.63, 3.8) is 0 Å². The average molecular weight is 737 g/mol. The van der Waals surface area contributed by atoms with Crippen LogP contribution in [0.1, 0.15) is 100 Å². The standard InChI is InChI=1S/C35H48N10O8/c1-35(2,53)27-18-39-43-45(27)22-16-26(32(49)40-24(29(46)30(36)47)13-6-7-14-37-34(51)52)44(19-22)33(50)25(15-20-9-4-3-5-10-20)41-31(48)23-12-8-11-21-17-38-42-28(21)23/h8,11-12,17-18,20,22,24-26,37,53H,3-7,9-10,13-16,19H2,1-2H3,(H2,36,47)(H,38,42)(H,40,49)(H,41,48)(H,51,52)/t22-,24?,25+,26-/m0/s1. The van der Waals surface area contributed by atoms with Crippen molar-refractivity contribution in [1.29, 1.82) is 0 Å². The smallest absolute Gasteiger partial charge is 0.404 e. The molecule has 4 atom stereocenters. The van der Waals surface area contributed by atoms with Gasteiger partial charge in [0.15, 0.2) is 0 Å². The normalized spacial score (nSPS) is 19.0. The number of carbonyl (C=O) groups is 6. The SMILES string of the molecule is CC(C)(O)c1cnnn1[C@H]1C[C@@H](C(=O)NC(CCCCNC(=O)O)C(=O)C(N)=O)N(C(=O)[C@@H](CC2CCCCC2)NC(=O)c2cccc3cn[nH]c23)C1. The molecule has 2 aliphatic rings. The van der Waals surface area contributed by atoms with Crippen LogP contribution in [-0.2, 0) is 24.8 Å². The zero-order valence-electron chi connectivity index (χ0n) is 29.9. The number of nitrogens with two attached hydrogens (primary N) is 1. The van der Waals surface area contributed by atoms with Gasteiger partial charge in [-0.1, -0.05) is 49.5 Å². The summed E-state index contributed by atoms with van der Waals surface area (Å²) >= 11 is 0. The van der Waals surface area contributed by atoms with E-state index >= 15 is 0 Å². The molecule has 3 heterocycles. The van der Waals surface area contributed by atoms with Crippen LogP contribution in [0.25, 0.3) is 10.9 Å². The Morgan fingerprint density at radius 3 is 2.49 bits per heavy atom. The fourth-order valence-electron chi connectivity index (χ4n) is 7.38. The van der Waals surface area contributed by atoms with Gasteiger partial charge >= 0.3 is 6.09 Å². The predicted molar refractivity (Wildman–Crippen MR) is 189 cm³/mol. The average Bonchev–Trinajstić information content (AvgIpc) is 3.90. The molecule has 0 spiro atoms. The van der Waals surface area contributed by atoms with Crippen LogP contribution in [0.15, 0.2) is 30.6 Å². The number of ketones is 1. The number of para-hydroxylation sites is 1. The molecule has 5 amide bonds. The molecule has 1 unspecified atom stereocenters. The number of carbonyl (C=O) groups excluding carboxylic acids is 5. The number of hydrogen-bond donors (Lipinski definition) is 7. The van der Waals surface area contributed by atoms with Crippen LogP contribution in [0.4, 0.5) is 4.79 Å². The quantitative estimate of drug-likeness (QED) is 0.0813. The van der Waals surface area contributed by atoms with Gasteiger partial charge in [0.1, 0.15) is 17.7 Å². The third-order valence-corrected chi connectivity index (χ3v) is 10.1. The van der Waals surface area contributed by atoms with E-state index in [1.54, 1.807) is 32.2 Å². The summed E-state index contributed by atoms with van der Waals surface area (Å²) in [5, 5.41) is 43.3. The Kier molecular flexibility index (Phi) is 12.4. The topological polar surface area (TPSA) is 268 Å². The van der Waals surface area contributed by atoms with Crippen molar-refractivity contribution in [1.82, 2.24) is 46.0 Å². The van der Waals surface area contributed by atoms with Crippen LogP contribution in [0.2, 0.25) is 0 Å². The summed E-state index contributed by atoms with van der Waals surface area (Å²) in [6.45, 7) is 3.18. The maximum absolute atomic E-state index is 14.8. The van der Waals surface area contributed by atoms with Crippen molar-refractivity contribution >= 4 is 46.4 Å². The third kappa shape index (κ3) is 9.54. The minimum Gasteiger partial charge on any atom is -0.465 e. The molecule has 2 fully saturated rings. The Bertz CT molecular complexity index is 1810. The van der Waals surface area contributed by atoms with Crippen molar-refractivity contribution in [3.8, 4) is 0 Å². The maximum Gasteiger partial charge on any atom is 0.404 e. The van der Waals surface area contributed by atoms with E-state index in [9.17, 15) is 33.9 Å². The number of amides is 5. The summed E-state index contributed by atoms with van der Waals surface area (Å²) in [5.41, 5.74) is 5.13. The van der Waals surface area contributed by atoms with Crippen LogP contribution in [0.3, 0.4) is 0 Å². The van der Waals surface area contributed by atoms with E-state index in [2.05, 4.69) is 36.5 Å². The molecule has 53 heavy (non-hydrogen) atoms. The fourth-order valence-corrected chi connectivity index (χ4v) is 7.38. The van der Waals surface area contributed by atoms with Gasteiger partial charge in [-0.05, 0) is 51.5 Å². The van der Waals surface area contributed by atoms with E-state index in [-0.39, 0.29) is 38.3 Å². The van der Waals surface area contributed by atoms with E-state index in [0.29, 0.717) is 29.6 Å². The van der Waals surface area contributed by atoms with Crippen LogP contribution < -0.4 is 21.7 Å². The van der Waals surface area contributed by atoms with Gasteiger partial charge in [-0.25, -0.2) is 9.48 Å². The van der Waals surface area contributed by atoms with Crippen LogP contribution >= 0.6 is 0 Å². The number of aromatic amines is 1. The Morgan fingerprint density at radius 1 is 1.04 bits per heavy atom. The van der Waals surface area contributed by atoms with Crippen LogP contribution in [-0.4, -0.2) is 107 Å². The molecule has 1 aliphatic carbocycles. The number of carboxylic acid groups (broad SMARTS) is 1. The number of unbranched alkanes of at least 4 members (excludes halogenated alkanes) is 1. The van der Waals surface area contributed by atoms with E-state index in [0.717, 1.165) is 37.5 Å². The molecule has 1 aromatic carbocycles. The highest BCUT2D eigenvalue weighted by Gasteiger charge is 2.45. The minimum atomic E-state index is -1.36. The van der Waals surface area contributed by atoms with Gasteiger partial charge in [0.05, 0.1) is 41.3 Å². The molecule has 2 aromatic heterocycles. The Hall–Kier alpha value is -5.39. The molecule has 3 aromatic rings. The zero-order valence-corrected chi connectivity index (χ0v) is 29.9. The highest BCUT2D eigenvalue weighted by atomic mass is 16.4. The summed E-state index contributed by atoms with van der Waals surface area (Å²) < 4.78 is 1.47. The maximum atomic E-state index is 14.8. The number of hydrogen-bond acceptors (Lipinski definition) is 10. The first-order chi connectivity index (χ1) is 25.2. The Morgan fingerprint density at radius 2 is 1.79 bits per heavy atom. The monoisotopic (exact) mass is 736 g/mol. The predicted octanol–water partition coefficient (Wildman–Crippen LogP) is 1.27. The zero-order chi connectivity index (χ0) is 38.3. The summed E-state index contributed by atoms with van der Waals surface area (Å²) in [4.78, 5) is 79.8. The fraction of sp³-hybridized carbons (Fsp3) is 0.571.